The summed E-state index contributed by atoms with van der Waals surface area (Å²) in [6.07, 6.45) is 10.9. The van der Waals surface area contributed by atoms with E-state index in [1.807, 2.05) is 0 Å². The highest BCUT2D eigenvalue weighted by molar-refractivity contribution is 5.45. The molecule has 0 N–H and O–H groups in total. The van der Waals surface area contributed by atoms with Crippen molar-refractivity contribution < 1.29 is 0 Å². The van der Waals surface area contributed by atoms with Gasteiger partial charge in [-0.05, 0) is 25.0 Å². The summed E-state index contributed by atoms with van der Waals surface area (Å²) in [4.78, 5) is 2.56. The number of unbranched alkanes of at least 4 members (excludes halogenated alkanes) is 6. The minimum absolute atomic E-state index is 1.20. The Labute approximate surface area is 120 Å². The Hall–Kier alpha value is -0.980. The molecule has 0 heterocycles. The Morgan fingerprint density at radius 1 is 0.684 bits per heavy atom. The zero-order valence-electron chi connectivity index (χ0n) is 12.9. The zero-order valence-corrected chi connectivity index (χ0v) is 12.9. The summed E-state index contributed by atoms with van der Waals surface area (Å²) in [6, 6.07) is 10.9. The largest absolute Gasteiger partial charge is 0.372 e. The molecule has 0 saturated carbocycles. The second-order valence-electron chi connectivity index (χ2n) is 5.44. The fraction of sp³-hybridized carbons (Fsp3) is 0.667. The maximum absolute atomic E-state index is 2.56. The molecule has 1 nitrogen and oxygen atoms in total. The standard InChI is InChI=1S/C18H31N/c1-3-5-7-8-9-13-17-19(16-6-4-2)18-14-11-10-12-15-18/h10-12,14-15H,3-9,13,16-17H2,1-2H3. The molecule has 108 valence electrons. The number of rotatable bonds is 11. The van der Waals surface area contributed by atoms with Gasteiger partial charge in [-0.2, -0.15) is 0 Å². The topological polar surface area (TPSA) is 3.24 Å². The van der Waals surface area contributed by atoms with Gasteiger partial charge in [0.25, 0.3) is 0 Å². The molecule has 0 aliphatic rings. The number of benzene rings is 1. The molecular weight excluding hydrogens is 230 g/mol. The van der Waals surface area contributed by atoms with E-state index in [-0.39, 0.29) is 0 Å². The maximum Gasteiger partial charge on any atom is 0.0366 e. The van der Waals surface area contributed by atoms with Gasteiger partial charge in [0.2, 0.25) is 0 Å². The Bertz CT molecular complexity index is 294. The predicted molar refractivity (Wildman–Crippen MR) is 86.9 cm³/mol. The van der Waals surface area contributed by atoms with Crippen LogP contribution < -0.4 is 4.90 Å². The van der Waals surface area contributed by atoms with E-state index in [2.05, 4.69) is 49.1 Å². The first kappa shape index (κ1) is 16.1. The number of anilines is 1. The quantitative estimate of drug-likeness (QED) is 0.465. The van der Waals surface area contributed by atoms with E-state index in [1.165, 1.54) is 70.1 Å². The molecule has 0 unspecified atom stereocenters. The van der Waals surface area contributed by atoms with Crippen LogP contribution in [0.25, 0.3) is 0 Å². The monoisotopic (exact) mass is 261 g/mol. The molecule has 0 amide bonds. The van der Waals surface area contributed by atoms with Crippen molar-refractivity contribution in [3.05, 3.63) is 30.3 Å². The van der Waals surface area contributed by atoms with Crippen LogP contribution >= 0.6 is 0 Å². The molecule has 0 saturated heterocycles. The third-order valence-corrected chi connectivity index (χ3v) is 3.68. The molecule has 0 bridgehead atoms. The lowest BCUT2D eigenvalue weighted by Gasteiger charge is -2.24. The van der Waals surface area contributed by atoms with Gasteiger partial charge in [-0.25, -0.2) is 0 Å². The molecule has 1 aromatic carbocycles. The summed E-state index contributed by atoms with van der Waals surface area (Å²) in [5.41, 5.74) is 1.39. The molecule has 1 rings (SSSR count). The zero-order chi connectivity index (χ0) is 13.8. The van der Waals surface area contributed by atoms with E-state index >= 15 is 0 Å². The maximum atomic E-state index is 2.56. The van der Waals surface area contributed by atoms with Gasteiger partial charge in [-0.15, -0.1) is 0 Å². The van der Waals surface area contributed by atoms with Gasteiger partial charge in [0, 0.05) is 18.8 Å². The minimum atomic E-state index is 1.20. The highest BCUT2D eigenvalue weighted by Gasteiger charge is 2.04. The predicted octanol–water partition coefficient (Wildman–Crippen LogP) is 5.65. The molecule has 1 heteroatoms. The molecule has 0 aliphatic carbocycles. The molecule has 0 fully saturated rings. The Morgan fingerprint density at radius 3 is 1.95 bits per heavy atom. The van der Waals surface area contributed by atoms with Crippen molar-refractivity contribution in [3.63, 3.8) is 0 Å². The van der Waals surface area contributed by atoms with Gasteiger partial charge < -0.3 is 4.90 Å². The number of para-hydroxylation sites is 1. The van der Waals surface area contributed by atoms with Crippen LogP contribution in [0, 0.1) is 0 Å². The van der Waals surface area contributed by atoms with E-state index in [0.717, 1.165) is 0 Å². The lowest BCUT2D eigenvalue weighted by Crippen LogP contribution is -2.25. The van der Waals surface area contributed by atoms with E-state index in [0.29, 0.717) is 0 Å². The Balaban J connectivity index is 2.30. The van der Waals surface area contributed by atoms with Gasteiger partial charge in [-0.3, -0.25) is 0 Å². The second kappa shape index (κ2) is 10.9. The van der Waals surface area contributed by atoms with Crippen LogP contribution in [0.5, 0.6) is 0 Å². The van der Waals surface area contributed by atoms with Crippen LogP contribution in [0.3, 0.4) is 0 Å². The summed E-state index contributed by atoms with van der Waals surface area (Å²) >= 11 is 0. The van der Waals surface area contributed by atoms with Crippen LogP contribution in [-0.4, -0.2) is 13.1 Å². The summed E-state index contributed by atoms with van der Waals surface area (Å²) in [5, 5.41) is 0. The average molecular weight is 261 g/mol. The van der Waals surface area contributed by atoms with Crippen LogP contribution in [0.2, 0.25) is 0 Å². The third kappa shape index (κ3) is 7.25. The van der Waals surface area contributed by atoms with Gasteiger partial charge in [0.15, 0.2) is 0 Å². The van der Waals surface area contributed by atoms with Crippen molar-refractivity contribution >= 4 is 5.69 Å². The first-order valence-electron chi connectivity index (χ1n) is 8.18. The summed E-state index contributed by atoms with van der Waals surface area (Å²) in [5.74, 6) is 0. The van der Waals surface area contributed by atoms with E-state index in [1.54, 1.807) is 0 Å². The third-order valence-electron chi connectivity index (χ3n) is 3.68. The van der Waals surface area contributed by atoms with Crippen molar-refractivity contribution in [2.45, 2.75) is 65.2 Å². The Kier molecular flexibility index (Phi) is 9.22. The van der Waals surface area contributed by atoms with Crippen molar-refractivity contribution in [1.29, 1.82) is 0 Å². The van der Waals surface area contributed by atoms with Gasteiger partial charge in [0.1, 0.15) is 0 Å². The van der Waals surface area contributed by atoms with Crippen molar-refractivity contribution in [3.8, 4) is 0 Å². The van der Waals surface area contributed by atoms with Crippen LogP contribution in [0.1, 0.15) is 65.2 Å². The van der Waals surface area contributed by atoms with Gasteiger partial charge in [-0.1, -0.05) is 70.6 Å². The summed E-state index contributed by atoms with van der Waals surface area (Å²) in [7, 11) is 0. The SMILES string of the molecule is CCCCCCCCN(CCCC)c1ccccc1. The molecule has 0 aliphatic heterocycles. The van der Waals surface area contributed by atoms with Gasteiger partial charge >= 0.3 is 0 Å². The lowest BCUT2D eigenvalue weighted by molar-refractivity contribution is 0.593. The van der Waals surface area contributed by atoms with Gasteiger partial charge in [0.05, 0.1) is 0 Å². The normalized spacial score (nSPS) is 10.6. The number of hydrogen-bond acceptors (Lipinski definition) is 1. The number of hydrogen-bond donors (Lipinski definition) is 0. The van der Waals surface area contributed by atoms with Crippen molar-refractivity contribution in [1.82, 2.24) is 0 Å². The summed E-state index contributed by atoms with van der Waals surface area (Å²) in [6.45, 7) is 6.97. The van der Waals surface area contributed by atoms with Crippen molar-refractivity contribution in [2.24, 2.45) is 0 Å². The minimum Gasteiger partial charge on any atom is -0.372 e. The molecule has 1 aromatic rings. The first-order chi connectivity index (χ1) is 9.38. The van der Waals surface area contributed by atoms with E-state index in [9.17, 15) is 0 Å². The Morgan fingerprint density at radius 2 is 1.26 bits per heavy atom. The average Bonchev–Trinajstić information content (AvgIpc) is 2.46. The molecule has 0 atom stereocenters. The smallest absolute Gasteiger partial charge is 0.0366 e. The highest BCUT2D eigenvalue weighted by Crippen LogP contribution is 2.15. The van der Waals surface area contributed by atoms with Crippen LogP contribution in [-0.2, 0) is 0 Å². The molecule has 0 radical (unpaired) electrons. The number of nitrogens with zero attached hydrogens (tertiary/aromatic N) is 1. The second-order valence-corrected chi connectivity index (χ2v) is 5.44. The summed E-state index contributed by atoms with van der Waals surface area (Å²) < 4.78 is 0. The van der Waals surface area contributed by atoms with E-state index < -0.39 is 0 Å². The molecule has 0 spiro atoms. The van der Waals surface area contributed by atoms with Crippen LogP contribution in [0.4, 0.5) is 5.69 Å². The molecule has 0 aromatic heterocycles. The van der Waals surface area contributed by atoms with E-state index in [4.69, 9.17) is 0 Å². The van der Waals surface area contributed by atoms with Crippen molar-refractivity contribution in [2.75, 3.05) is 18.0 Å². The highest BCUT2D eigenvalue weighted by atomic mass is 15.1. The fourth-order valence-corrected chi connectivity index (χ4v) is 2.44. The fourth-order valence-electron chi connectivity index (χ4n) is 2.44. The molecular formula is C18H31N. The van der Waals surface area contributed by atoms with Crippen LogP contribution in [0.15, 0.2) is 30.3 Å². The first-order valence-corrected chi connectivity index (χ1v) is 8.18. The lowest BCUT2D eigenvalue weighted by atomic mass is 10.1. The molecule has 19 heavy (non-hydrogen) atoms.